The highest BCUT2D eigenvalue weighted by atomic mass is 16.5. The van der Waals surface area contributed by atoms with Crippen molar-refractivity contribution in [3.8, 4) is 23.1 Å². The molecule has 6 nitrogen and oxygen atoms in total. The number of hydrogen-bond donors (Lipinski definition) is 2. The summed E-state index contributed by atoms with van der Waals surface area (Å²) in [5.41, 5.74) is 6.82. The van der Waals surface area contributed by atoms with Crippen LogP contribution in [0, 0.1) is 11.3 Å². The average molecular weight is 298 g/mol. The molecule has 112 valence electrons. The minimum atomic E-state index is -1.10. The second-order valence-corrected chi connectivity index (χ2v) is 5.47. The second-order valence-electron chi connectivity index (χ2n) is 5.47. The summed E-state index contributed by atoms with van der Waals surface area (Å²) in [6.45, 7) is 1.94. The smallest absolute Gasteiger partial charge is 0.490 e. The van der Waals surface area contributed by atoms with Gasteiger partial charge in [0.25, 0.3) is 0 Å². The first-order valence-corrected chi connectivity index (χ1v) is 6.84. The number of fused-ring (bicyclic) bond motifs is 1. The van der Waals surface area contributed by atoms with Crippen molar-refractivity contribution in [2.75, 3.05) is 6.61 Å². The number of nitriles is 1. The molecule has 0 bridgehead atoms. The van der Waals surface area contributed by atoms with Gasteiger partial charge in [-0.05, 0) is 30.7 Å². The van der Waals surface area contributed by atoms with Crippen LogP contribution in [0.3, 0.4) is 0 Å². The highest BCUT2D eigenvalue weighted by Crippen LogP contribution is 2.32. The Morgan fingerprint density at radius 3 is 3.00 bits per heavy atom. The van der Waals surface area contributed by atoms with Crippen LogP contribution in [0.25, 0.3) is 11.3 Å². The van der Waals surface area contributed by atoms with E-state index in [0.29, 0.717) is 29.1 Å². The fourth-order valence-corrected chi connectivity index (χ4v) is 2.36. The van der Waals surface area contributed by atoms with Gasteiger partial charge in [0.15, 0.2) is 0 Å². The molecule has 0 fully saturated rings. The van der Waals surface area contributed by atoms with Gasteiger partial charge < -0.3 is 24.6 Å². The van der Waals surface area contributed by atoms with Crippen LogP contribution in [0.4, 0.5) is 0 Å². The van der Waals surface area contributed by atoms with Crippen LogP contribution in [0.5, 0.6) is 5.75 Å². The molecule has 0 aliphatic carbocycles. The Bertz CT molecular complexity index is 722. The topological polar surface area (TPSA) is 102 Å². The molecule has 0 unspecified atom stereocenters. The molecule has 0 spiro atoms. The number of nitrogens with zero attached hydrogens (tertiary/aromatic N) is 1. The Labute approximate surface area is 128 Å². The van der Waals surface area contributed by atoms with Crippen molar-refractivity contribution >= 4 is 12.6 Å². The van der Waals surface area contributed by atoms with Gasteiger partial charge in [-0.25, -0.2) is 0 Å². The number of hydrogen-bond acceptors (Lipinski definition) is 6. The molecule has 0 saturated carbocycles. The van der Waals surface area contributed by atoms with E-state index in [9.17, 15) is 5.02 Å². The summed E-state index contributed by atoms with van der Waals surface area (Å²) < 4.78 is 16.4. The maximum Gasteiger partial charge on any atom is 0.492 e. The molecule has 1 atom stereocenters. The molecule has 1 aromatic heterocycles. The molecule has 7 heteroatoms. The van der Waals surface area contributed by atoms with Gasteiger partial charge in [-0.2, -0.15) is 5.26 Å². The number of furan rings is 1. The zero-order valence-corrected chi connectivity index (χ0v) is 12.1. The van der Waals surface area contributed by atoms with Gasteiger partial charge >= 0.3 is 7.12 Å². The molecule has 2 heterocycles. The number of nitrogens with two attached hydrogens (primary N) is 1. The van der Waals surface area contributed by atoms with E-state index in [2.05, 4.69) is 0 Å². The lowest BCUT2D eigenvalue weighted by Gasteiger charge is -2.19. The third kappa shape index (κ3) is 2.60. The maximum atomic E-state index is 10.1. The van der Waals surface area contributed by atoms with Crippen LogP contribution in [0.15, 0.2) is 34.9 Å². The minimum absolute atomic E-state index is 0.0208. The first kappa shape index (κ1) is 14.7. The van der Waals surface area contributed by atoms with Gasteiger partial charge in [0.1, 0.15) is 23.7 Å². The van der Waals surface area contributed by atoms with Crippen molar-refractivity contribution < 1.29 is 18.8 Å². The average Bonchev–Trinajstić information content (AvgIpc) is 3.15. The largest absolute Gasteiger partial charge is 0.492 e. The summed E-state index contributed by atoms with van der Waals surface area (Å²) in [5.74, 6) is 1.05. The summed E-state index contributed by atoms with van der Waals surface area (Å²) >= 11 is 0. The predicted molar refractivity (Wildman–Crippen MR) is 80.2 cm³/mol. The van der Waals surface area contributed by atoms with Crippen molar-refractivity contribution in [3.05, 3.63) is 36.1 Å². The van der Waals surface area contributed by atoms with E-state index in [0.717, 1.165) is 5.56 Å². The maximum absolute atomic E-state index is 10.1. The standard InChI is InChI=1S/C15H15BN2O4/c1-15(18,8-17)9-21-12-5-4-10-7-22-16(19)14(10)13(12)11-3-2-6-20-11/h2-6,19H,7,9,18H2,1H3/t15-/m0/s1. The summed E-state index contributed by atoms with van der Waals surface area (Å²) in [7, 11) is -1.03. The van der Waals surface area contributed by atoms with Crippen LogP contribution in [-0.4, -0.2) is 24.3 Å². The van der Waals surface area contributed by atoms with Crippen LogP contribution >= 0.6 is 0 Å². The first-order chi connectivity index (χ1) is 10.5. The van der Waals surface area contributed by atoms with Crippen molar-refractivity contribution in [3.63, 3.8) is 0 Å². The van der Waals surface area contributed by atoms with Gasteiger partial charge in [-0.1, -0.05) is 6.07 Å². The Kier molecular flexibility index (Phi) is 3.67. The number of benzene rings is 1. The molecule has 0 radical (unpaired) electrons. The monoisotopic (exact) mass is 298 g/mol. The quantitative estimate of drug-likeness (QED) is 0.809. The molecular formula is C15H15BN2O4. The van der Waals surface area contributed by atoms with Gasteiger partial charge in [0.05, 0.1) is 24.5 Å². The lowest BCUT2D eigenvalue weighted by Crippen LogP contribution is -2.41. The zero-order valence-electron chi connectivity index (χ0n) is 12.1. The fraction of sp³-hybridized carbons (Fsp3) is 0.267. The third-order valence-corrected chi connectivity index (χ3v) is 3.49. The van der Waals surface area contributed by atoms with E-state index in [1.165, 1.54) is 0 Å². The van der Waals surface area contributed by atoms with Crippen molar-refractivity contribution in [1.82, 2.24) is 0 Å². The van der Waals surface area contributed by atoms with Crippen LogP contribution < -0.4 is 15.9 Å². The third-order valence-electron chi connectivity index (χ3n) is 3.49. The molecule has 0 amide bonds. The SMILES string of the molecule is C[C@](N)(C#N)COc1ccc2c(c1-c1ccco1)B(O)OC2. The summed E-state index contributed by atoms with van der Waals surface area (Å²) in [6, 6.07) is 9.11. The molecule has 22 heavy (non-hydrogen) atoms. The summed E-state index contributed by atoms with van der Waals surface area (Å²) in [6.07, 6.45) is 1.54. The molecule has 2 aromatic rings. The number of rotatable bonds is 4. The Morgan fingerprint density at radius 1 is 1.50 bits per heavy atom. The lowest BCUT2D eigenvalue weighted by atomic mass is 9.75. The Balaban J connectivity index is 2.04. The lowest BCUT2D eigenvalue weighted by molar-refractivity contribution is 0.265. The minimum Gasteiger partial charge on any atom is -0.490 e. The normalized spacial score (nSPS) is 16.0. The molecule has 1 aromatic carbocycles. The van der Waals surface area contributed by atoms with Crippen LogP contribution in [0.2, 0.25) is 0 Å². The van der Waals surface area contributed by atoms with Gasteiger partial charge in [0.2, 0.25) is 0 Å². The van der Waals surface area contributed by atoms with E-state index < -0.39 is 12.7 Å². The highest BCUT2D eigenvalue weighted by Gasteiger charge is 2.34. The first-order valence-electron chi connectivity index (χ1n) is 6.84. The molecular weight excluding hydrogens is 283 g/mol. The highest BCUT2D eigenvalue weighted by molar-refractivity contribution is 6.63. The second kappa shape index (κ2) is 5.50. The molecule has 3 N–H and O–H groups in total. The molecule has 1 aliphatic rings. The predicted octanol–water partition coefficient (Wildman–Crippen LogP) is 0.784. The molecule has 0 saturated heterocycles. The van der Waals surface area contributed by atoms with E-state index in [1.807, 2.05) is 12.1 Å². The Hall–Kier alpha value is -2.27. The molecule has 1 aliphatic heterocycles. The van der Waals surface area contributed by atoms with E-state index >= 15 is 0 Å². The Morgan fingerprint density at radius 2 is 2.32 bits per heavy atom. The zero-order chi connectivity index (χ0) is 15.7. The van der Waals surface area contributed by atoms with Crippen LogP contribution in [-0.2, 0) is 11.3 Å². The number of ether oxygens (including phenoxy) is 1. The summed E-state index contributed by atoms with van der Waals surface area (Å²) in [5, 5.41) is 19.1. The van der Waals surface area contributed by atoms with E-state index in [4.69, 9.17) is 24.8 Å². The van der Waals surface area contributed by atoms with Gasteiger partial charge in [-0.3, -0.25) is 0 Å². The van der Waals surface area contributed by atoms with Crippen molar-refractivity contribution in [2.45, 2.75) is 19.1 Å². The molecule has 3 rings (SSSR count). The van der Waals surface area contributed by atoms with Crippen LogP contribution in [0.1, 0.15) is 12.5 Å². The van der Waals surface area contributed by atoms with Gasteiger partial charge in [-0.15, -0.1) is 0 Å². The fourth-order valence-electron chi connectivity index (χ4n) is 2.36. The van der Waals surface area contributed by atoms with Gasteiger partial charge in [0, 0.05) is 5.46 Å². The van der Waals surface area contributed by atoms with Crippen molar-refractivity contribution in [1.29, 1.82) is 5.26 Å². The summed E-state index contributed by atoms with van der Waals surface area (Å²) in [4.78, 5) is 0. The van der Waals surface area contributed by atoms with E-state index in [-0.39, 0.29) is 6.61 Å². The van der Waals surface area contributed by atoms with E-state index in [1.54, 1.807) is 31.4 Å². The van der Waals surface area contributed by atoms with Crippen molar-refractivity contribution in [2.24, 2.45) is 5.73 Å².